The van der Waals surface area contributed by atoms with Gasteiger partial charge < -0.3 is 10.6 Å². The molecule has 0 fully saturated rings. The molecule has 0 saturated heterocycles. The lowest BCUT2D eigenvalue weighted by Gasteiger charge is -2.14. The SMILES string of the molecule is CC(CNC(=O)c1n[nH]c2c1CNCC2)Cn1cccn1.Cl. The van der Waals surface area contributed by atoms with Crippen LogP contribution in [0.2, 0.25) is 0 Å². The van der Waals surface area contributed by atoms with Crippen molar-refractivity contribution in [1.29, 1.82) is 0 Å². The fraction of sp³-hybridized carbons (Fsp3) is 0.500. The van der Waals surface area contributed by atoms with Crippen molar-refractivity contribution >= 4 is 18.3 Å². The van der Waals surface area contributed by atoms with Crippen LogP contribution in [0, 0.1) is 5.92 Å². The summed E-state index contributed by atoms with van der Waals surface area (Å²) in [6.07, 6.45) is 4.58. The Morgan fingerprint density at radius 1 is 1.55 bits per heavy atom. The van der Waals surface area contributed by atoms with Crippen molar-refractivity contribution in [2.45, 2.75) is 26.4 Å². The summed E-state index contributed by atoms with van der Waals surface area (Å²) in [4.78, 5) is 12.2. The Labute approximate surface area is 135 Å². The fourth-order valence-electron chi connectivity index (χ4n) is 2.56. The van der Waals surface area contributed by atoms with Crippen LogP contribution in [-0.4, -0.2) is 39.0 Å². The van der Waals surface area contributed by atoms with Gasteiger partial charge in [0, 0.05) is 56.3 Å². The van der Waals surface area contributed by atoms with Gasteiger partial charge >= 0.3 is 0 Å². The van der Waals surface area contributed by atoms with Crippen LogP contribution < -0.4 is 10.6 Å². The largest absolute Gasteiger partial charge is 0.350 e. The monoisotopic (exact) mass is 324 g/mol. The maximum Gasteiger partial charge on any atom is 0.272 e. The van der Waals surface area contributed by atoms with Crippen molar-refractivity contribution in [3.05, 3.63) is 35.4 Å². The number of aromatic nitrogens is 4. The number of carbonyl (C=O) groups is 1. The summed E-state index contributed by atoms with van der Waals surface area (Å²) in [5.74, 6) is 0.199. The first-order valence-electron chi connectivity index (χ1n) is 7.26. The molecule has 3 heterocycles. The second kappa shape index (κ2) is 7.42. The highest BCUT2D eigenvalue weighted by Crippen LogP contribution is 2.15. The van der Waals surface area contributed by atoms with Gasteiger partial charge in [-0.15, -0.1) is 12.4 Å². The van der Waals surface area contributed by atoms with E-state index in [4.69, 9.17) is 0 Å². The summed E-state index contributed by atoms with van der Waals surface area (Å²) in [5.41, 5.74) is 2.59. The lowest BCUT2D eigenvalue weighted by molar-refractivity contribution is 0.0940. The molecule has 7 nitrogen and oxygen atoms in total. The molecule has 1 atom stereocenters. The molecule has 0 spiro atoms. The predicted octanol–water partition coefficient (Wildman–Crippen LogP) is 0.740. The Balaban J connectivity index is 0.00000176. The topological polar surface area (TPSA) is 87.6 Å². The highest BCUT2D eigenvalue weighted by molar-refractivity contribution is 5.94. The third kappa shape index (κ3) is 3.66. The summed E-state index contributed by atoms with van der Waals surface area (Å²) >= 11 is 0. The second-order valence-electron chi connectivity index (χ2n) is 5.50. The van der Waals surface area contributed by atoms with E-state index < -0.39 is 0 Å². The molecule has 22 heavy (non-hydrogen) atoms. The molecular weight excluding hydrogens is 304 g/mol. The highest BCUT2D eigenvalue weighted by Gasteiger charge is 2.21. The van der Waals surface area contributed by atoms with Crippen LogP contribution in [0.25, 0.3) is 0 Å². The van der Waals surface area contributed by atoms with Crippen molar-refractivity contribution in [3.63, 3.8) is 0 Å². The molecule has 1 unspecified atom stereocenters. The zero-order valence-electron chi connectivity index (χ0n) is 12.5. The molecule has 3 rings (SSSR count). The molecular formula is C14H21ClN6O. The van der Waals surface area contributed by atoms with Gasteiger partial charge in [-0.3, -0.25) is 14.6 Å². The van der Waals surface area contributed by atoms with Crippen molar-refractivity contribution in [1.82, 2.24) is 30.6 Å². The Morgan fingerprint density at radius 3 is 3.18 bits per heavy atom. The minimum Gasteiger partial charge on any atom is -0.350 e. The molecule has 2 aromatic heterocycles. The number of hydrogen-bond donors (Lipinski definition) is 3. The minimum absolute atomic E-state index is 0. The number of rotatable bonds is 5. The van der Waals surface area contributed by atoms with Gasteiger partial charge in [0.2, 0.25) is 0 Å². The average Bonchev–Trinajstić information content (AvgIpc) is 3.13. The van der Waals surface area contributed by atoms with Crippen LogP contribution in [0.3, 0.4) is 0 Å². The van der Waals surface area contributed by atoms with Gasteiger partial charge in [0.25, 0.3) is 5.91 Å². The number of amides is 1. The summed E-state index contributed by atoms with van der Waals surface area (Å²) in [6, 6.07) is 1.90. The normalized spacial score (nSPS) is 14.8. The lowest BCUT2D eigenvalue weighted by atomic mass is 10.1. The quantitative estimate of drug-likeness (QED) is 0.757. The molecule has 1 amide bonds. The van der Waals surface area contributed by atoms with Gasteiger partial charge in [-0.05, 0) is 12.0 Å². The van der Waals surface area contributed by atoms with Crippen molar-refractivity contribution in [2.75, 3.05) is 13.1 Å². The van der Waals surface area contributed by atoms with Crippen molar-refractivity contribution < 1.29 is 4.79 Å². The molecule has 0 saturated carbocycles. The highest BCUT2D eigenvalue weighted by atomic mass is 35.5. The number of halogens is 1. The number of H-pyrrole nitrogens is 1. The van der Waals surface area contributed by atoms with E-state index in [1.54, 1.807) is 6.20 Å². The second-order valence-corrected chi connectivity index (χ2v) is 5.50. The number of fused-ring (bicyclic) bond motifs is 1. The maximum absolute atomic E-state index is 12.2. The molecule has 8 heteroatoms. The Bertz CT molecular complexity index is 609. The van der Waals surface area contributed by atoms with Gasteiger partial charge in [0.15, 0.2) is 5.69 Å². The van der Waals surface area contributed by atoms with E-state index in [1.807, 2.05) is 16.9 Å². The smallest absolute Gasteiger partial charge is 0.272 e. The van der Waals surface area contributed by atoms with Gasteiger partial charge in [-0.2, -0.15) is 10.2 Å². The van der Waals surface area contributed by atoms with Crippen LogP contribution in [0.1, 0.15) is 28.7 Å². The molecule has 0 bridgehead atoms. The van der Waals surface area contributed by atoms with E-state index in [1.165, 1.54) is 0 Å². The number of hydrogen-bond acceptors (Lipinski definition) is 4. The third-order valence-electron chi connectivity index (χ3n) is 3.69. The van der Waals surface area contributed by atoms with E-state index in [0.717, 1.165) is 30.8 Å². The Kier molecular flexibility index (Phi) is 5.57. The van der Waals surface area contributed by atoms with Gasteiger partial charge in [-0.1, -0.05) is 6.92 Å². The molecule has 120 valence electrons. The van der Waals surface area contributed by atoms with Gasteiger partial charge in [0.1, 0.15) is 0 Å². The zero-order valence-corrected chi connectivity index (χ0v) is 13.3. The summed E-state index contributed by atoms with van der Waals surface area (Å²) in [5, 5.41) is 17.5. The van der Waals surface area contributed by atoms with Crippen LogP contribution in [0.5, 0.6) is 0 Å². The fourth-order valence-corrected chi connectivity index (χ4v) is 2.56. The first-order chi connectivity index (χ1) is 10.2. The van der Waals surface area contributed by atoms with Crippen molar-refractivity contribution in [2.24, 2.45) is 5.92 Å². The summed E-state index contributed by atoms with van der Waals surface area (Å²) < 4.78 is 1.87. The van der Waals surface area contributed by atoms with E-state index in [-0.39, 0.29) is 18.3 Å². The predicted molar refractivity (Wildman–Crippen MR) is 85.0 cm³/mol. The molecule has 2 aromatic rings. The maximum atomic E-state index is 12.2. The minimum atomic E-state index is -0.108. The van der Waals surface area contributed by atoms with Crippen LogP contribution in [0.15, 0.2) is 18.5 Å². The van der Waals surface area contributed by atoms with E-state index in [0.29, 0.717) is 24.7 Å². The van der Waals surface area contributed by atoms with Gasteiger partial charge in [0.05, 0.1) is 0 Å². The van der Waals surface area contributed by atoms with Crippen LogP contribution in [-0.2, 0) is 19.5 Å². The Hall–Kier alpha value is -1.86. The zero-order chi connectivity index (χ0) is 14.7. The molecule has 0 aliphatic carbocycles. The molecule has 1 aliphatic heterocycles. The van der Waals surface area contributed by atoms with Crippen LogP contribution >= 0.6 is 12.4 Å². The first-order valence-corrected chi connectivity index (χ1v) is 7.26. The third-order valence-corrected chi connectivity index (χ3v) is 3.69. The number of aromatic amines is 1. The van der Waals surface area contributed by atoms with E-state index >= 15 is 0 Å². The summed E-state index contributed by atoms with van der Waals surface area (Å²) in [6.45, 7) is 5.11. The van der Waals surface area contributed by atoms with E-state index in [2.05, 4.69) is 32.9 Å². The number of carbonyl (C=O) groups excluding carboxylic acids is 1. The molecule has 1 aliphatic rings. The van der Waals surface area contributed by atoms with Crippen molar-refractivity contribution in [3.8, 4) is 0 Å². The lowest BCUT2D eigenvalue weighted by Crippen LogP contribution is -2.32. The van der Waals surface area contributed by atoms with Gasteiger partial charge in [-0.25, -0.2) is 0 Å². The standard InChI is InChI=1S/C14H20N6O.ClH/c1-10(9-20-6-2-4-17-20)7-16-14(21)13-11-8-15-5-3-12(11)18-19-13;/h2,4,6,10,15H,3,5,7-9H2,1H3,(H,16,21)(H,18,19);1H. The first kappa shape index (κ1) is 16.5. The molecule has 3 N–H and O–H groups in total. The Morgan fingerprint density at radius 2 is 2.41 bits per heavy atom. The molecule has 0 aromatic carbocycles. The van der Waals surface area contributed by atoms with E-state index in [9.17, 15) is 4.79 Å². The van der Waals surface area contributed by atoms with Crippen LogP contribution in [0.4, 0.5) is 0 Å². The number of nitrogens with zero attached hydrogens (tertiary/aromatic N) is 3. The summed E-state index contributed by atoms with van der Waals surface area (Å²) in [7, 11) is 0. The molecule has 0 radical (unpaired) electrons. The number of nitrogens with one attached hydrogen (secondary N) is 3. The average molecular weight is 325 g/mol.